The molecule has 1 aromatic rings. The van der Waals surface area contributed by atoms with Crippen molar-refractivity contribution in [1.29, 1.82) is 0 Å². The van der Waals surface area contributed by atoms with Crippen molar-refractivity contribution in [2.45, 2.75) is 39.0 Å². The number of hydrogen-bond acceptors (Lipinski definition) is 5. The van der Waals surface area contributed by atoms with Crippen molar-refractivity contribution < 1.29 is 23.1 Å². The number of rotatable bonds is 3. The Labute approximate surface area is 155 Å². The van der Waals surface area contributed by atoms with Crippen molar-refractivity contribution in [3.63, 3.8) is 0 Å². The number of likely N-dealkylation sites (tertiary alicyclic amines) is 1. The SMILES string of the molecule is Cc1cccc(C)c1CN1CC[C@@H]2OCCN(S(C)(=O)=O)[C@H]2C1.O=CO. The van der Waals surface area contributed by atoms with Crippen LogP contribution in [0.15, 0.2) is 18.2 Å². The van der Waals surface area contributed by atoms with Gasteiger partial charge < -0.3 is 9.84 Å². The summed E-state index contributed by atoms with van der Waals surface area (Å²) in [6, 6.07) is 6.31. The molecule has 0 aromatic heterocycles. The van der Waals surface area contributed by atoms with E-state index < -0.39 is 10.0 Å². The van der Waals surface area contributed by atoms with Crippen molar-refractivity contribution >= 4 is 16.5 Å². The summed E-state index contributed by atoms with van der Waals surface area (Å²) in [4.78, 5) is 10.7. The molecule has 0 radical (unpaired) electrons. The van der Waals surface area contributed by atoms with Gasteiger partial charge in [-0.25, -0.2) is 8.42 Å². The molecule has 8 heteroatoms. The Morgan fingerprint density at radius 1 is 1.27 bits per heavy atom. The van der Waals surface area contributed by atoms with E-state index in [0.717, 1.165) is 26.1 Å². The van der Waals surface area contributed by atoms with E-state index in [1.165, 1.54) is 22.9 Å². The highest BCUT2D eigenvalue weighted by Gasteiger charge is 2.40. The van der Waals surface area contributed by atoms with Gasteiger partial charge in [-0.1, -0.05) is 18.2 Å². The monoisotopic (exact) mass is 384 g/mol. The third-order valence-corrected chi connectivity index (χ3v) is 6.38. The summed E-state index contributed by atoms with van der Waals surface area (Å²) in [6.45, 7) is 7.57. The number of nitrogens with zero attached hydrogens (tertiary/aromatic N) is 2. The zero-order chi connectivity index (χ0) is 19.3. The van der Waals surface area contributed by atoms with Gasteiger partial charge in [-0.3, -0.25) is 9.69 Å². The fraction of sp³-hybridized carbons (Fsp3) is 0.611. The Bertz CT molecular complexity index is 702. The quantitative estimate of drug-likeness (QED) is 0.789. The van der Waals surface area contributed by atoms with Crippen LogP contribution in [0.25, 0.3) is 0 Å². The van der Waals surface area contributed by atoms with Crippen molar-refractivity contribution in [3.8, 4) is 0 Å². The average Bonchev–Trinajstić information content (AvgIpc) is 2.57. The summed E-state index contributed by atoms with van der Waals surface area (Å²) in [5, 5.41) is 6.89. The number of piperidine rings is 1. The maximum Gasteiger partial charge on any atom is 0.290 e. The smallest absolute Gasteiger partial charge is 0.290 e. The predicted molar refractivity (Wildman–Crippen MR) is 99.6 cm³/mol. The highest BCUT2D eigenvalue weighted by Crippen LogP contribution is 2.27. The van der Waals surface area contributed by atoms with E-state index in [-0.39, 0.29) is 18.6 Å². The molecule has 0 unspecified atom stereocenters. The van der Waals surface area contributed by atoms with E-state index in [1.807, 2.05) is 0 Å². The van der Waals surface area contributed by atoms with Gasteiger partial charge in [0.25, 0.3) is 6.47 Å². The van der Waals surface area contributed by atoms with Gasteiger partial charge in [0.15, 0.2) is 0 Å². The fourth-order valence-corrected chi connectivity index (χ4v) is 4.88. The molecule has 1 aromatic carbocycles. The minimum atomic E-state index is -3.18. The lowest BCUT2D eigenvalue weighted by molar-refractivity contribution is -0.122. The molecule has 146 valence electrons. The van der Waals surface area contributed by atoms with Crippen LogP contribution in [0.4, 0.5) is 0 Å². The summed E-state index contributed by atoms with van der Waals surface area (Å²) in [7, 11) is -3.18. The van der Waals surface area contributed by atoms with E-state index in [9.17, 15) is 8.42 Å². The lowest BCUT2D eigenvalue weighted by Crippen LogP contribution is -2.60. The van der Waals surface area contributed by atoms with Gasteiger partial charge in [-0.2, -0.15) is 4.31 Å². The van der Waals surface area contributed by atoms with Crippen LogP contribution < -0.4 is 0 Å². The molecule has 0 aliphatic carbocycles. The Balaban J connectivity index is 0.000000758. The standard InChI is InChI=1S/C17H26N2O3S.CH2O2/c1-13-5-4-6-14(2)15(13)11-18-8-7-17-16(12-18)19(9-10-22-17)23(3,20)21;2-1-3/h4-6,16-17H,7-12H2,1-3H3;1H,(H,2,3)/t16-,17-;/m0./s1. The molecule has 2 aliphatic heterocycles. The third-order valence-electron chi connectivity index (χ3n) is 5.07. The first-order valence-corrected chi connectivity index (χ1v) is 10.6. The van der Waals surface area contributed by atoms with Gasteiger partial charge in [-0.15, -0.1) is 0 Å². The highest BCUT2D eigenvalue weighted by molar-refractivity contribution is 7.88. The number of morpholine rings is 1. The lowest BCUT2D eigenvalue weighted by atomic mass is 9.98. The van der Waals surface area contributed by atoms with Crippen molar-refractivity contribution in [2.24, 2.45) is 0 Å². The number of aryl methyl sites for hydroxylation is 2. The Hall–Kier alpha value is -1.48. The molecule has 0 bridgehead atoms. The normalized spacial score (nSPS) is 24.3. The molecule has 26 heavy (non-hydrogen) atoms. The van der Waals surface area contributed by atoms with Gasteiger partial charge in [0.05, 0.1) is 25.0 Å². The molecule has 2 fully saturated rings. The van der Waals surface area contributed by atoms with Crippen molar-refractivity contribution in [2.75, 3.05) is 32.5 Å². The number of hydrogen-bond donors (Lipinski definition) is 1. The average molecular weight is 384 g/mol. The Morgan fingerprint density at radius 2 is 1.88 bits per heavy atom. The fourth-order valence-electron chi connectivity index (χ4n) is 3.78. The van der Waals surface area contributed by atoms with Crippen LogP contribution in [0.3, 0.4) is 0 Å². The summed E-state index contributed by atoms with van der Waals surface area (Å²) in [6.07, 6.45) is 2.23. The largest absolute Gasteiger partial charge is 0.483 e. The van der Waals surface area contributed by atoms with Crippen molar-refractivity contribution in [3.05, 3.63) is 34.9 Å². The second-order valence-electron chi connectivity index (χ2n) is 6.85. The number of carbonyl (C=O) groups is 1. The Kier molecular flexibility index (Phi) is 7.16. The molecular weight excluding hydrogens is 356 g/mol. The second kappa shape index (κ2) is 8.94. The molecule has 0 amide bonds. The molecule has 3 rings (SSSR count). The van der Waals surface area contributed by atoms with Crippen LogP contribution >= 0.6 is 0 Å². The maximum absolute atomic E-state index is 12.1. The third kappa shape index (κ3) is 5.03. The van der Waals surface area contributed by atoms with E-state index in [0.29, 0.717) is 13.2 Å². The van der Waals surface area contributed by atoms with Gasteiger partial charge in [0, 0.05) is 26.2 Å². The molecule has 2 saturated heterocycles. The number of benzene rings is 1. The molecule has 1 N–H and O–H groups in total. The molecule has 7 nitrogen and oxygen atoms in total. The molecule has 2 atom stereocenters. The van der Waals surface area contributed by atoms with E-state index in [1.54, 1.807) is 4.31 Å². The van der Waals surface area contributed by atoms with E-state index in [2.05, 4.69) is 36.9 Å². The van der Waals surface area contributed by atoms with Crippen LogP contribution in [0.2, 0.25) is 0 Å². The minimum Gasteiger partial charge on any atom is -0.483 e. The van der Waals surface area contributed by atoms with Crippen LogP contribution in [-0.4, -0.2) is 73.8 Å². The van der Waals surface area contributed by atoms with Gasteiger partial charge in [0.2, 0.25) is 10.0 Å². The number of sulfonamides is 1. The lowest BCUT2D eigenvalue weighted by Gasteiger charge is -2.46. The summed E-state index contributed by atoms with van der Waals surface area (Å²) < 4.78 is 31.6. The highest BCUT2D eigenvalue weighted by atomic mass is 32.2. The first-order chi connectivity index (χ1) is 12.3. The van der Waals surface area contributed by atoms with Crippen molar-refractivity contribution in [1.82, 2.24) is 9.21 Å². The molecule has 0 saturated carbocycles. The van der Waals surface area contributed by atoms with Gasteiger partial charge in [-0.05, 0) is 37.0 Å². The minimum absolute atomic E-state index is 0.0349. The second-order valence-corrected chi connectivity index (χ2v) is 8.78. The zero-order valence-corrected chi connectivity index (χ0v) is 16.4. The molecule has 0 spiro atoms. The first kappa shape index (κ1) is 20.8. The first-order valence-electron chi connectivity index (χ1n) is 8.71. The molecular formula is C18H28N2O5S. The summed E-state index contributed by atoms with van der Waals surface area (Å²) in [5.74, 6) is 0. The number of carboxylic acid groups (broad SMARTS) is 1. The van der Waals surface area contributed by atoms with Crippen LogP contribution in [0.5, 0.6) is 0 Å². The van der Waals surface area contributed by atoms with Gasteiger partial charge in [0.1, 0.15) is 0 Å². The number of fused-ring (bicyclic) bond motifs is 1. The predicted octanol–water partition coefficient (Wildman–Crippen LogP) is 1.24. The van der Waals surface area contributed by atoms with E-state index >= 15 is 0 Å². The van der Waals surface area contributed by atoms with Crippen LogP contribution in [0, 0.1) is 13.8 Å². The number of ether oxygens (including phenoxy) is 1. The van der Waals surface area contributed by atoms with Crippen LogP contribution in [-0.2, 0) is 26.1 Å². The Morgan fingerprint density at radius 3 is 2.46 bits per heavy atom. The summed E-state index contributed by atoms with van der Waals surface area (Å²) >= 11 is 0. The zero-order valence-electron chi connectivity index (χ0n) is 15.6. The topological polar surface area (TPSA) is 87.2 Å². The maximum atomic E-state index is 12.1. The van der Waals surface area contributed by atoms with Crippen LogP contribution in [0.1, 0.15) is 23.1 Å². The van der Waals surface area contributed by atoms with Gasteiger partial charge >= 0.3 is 0 Å². The molecule has 2 aliphatic rings. The summed E-state index contributed by atoms with van der Waals surface area (Å²) in [5.41, 5.74) is 3.95. The molecule has 2 heterocycles. The van der Waals surface area contributed by atoms with E-state index in [4.69, 9.17) is 14.6 Å².